The first-order valence-corrected chi connectivity index (χ1v) is 6.77. The van der Waals surface area contributed by atoms with Crippen molar-refractivity contribution in [2.24, 2.45) is 5.41 Å². The summed E-state index contributed by atoms with van der Waals surface area (Å²) in [6.07, 6.45) is 1.81. The summed E-state index contributed by atoms with van der Waals surface area (Å²) in [5, 5.41) is 9.24. The van der Waals surface area contributed by atoms with E-state index in [9.17, 15) is 9.90 Å². The molecule has 0 saturated carbocycles. The minimum absolute atomic E-state index is 0.161. The van der Waals surface area contributed by atoms with Gasteiger partial charge < -0.3 is 9.84 Å². The molecule has 1 fully saturated rings. The summed E-state index contributed by atoms with van der Waals surface area (Å²) < 4.78 is 5.91. The highest BCUT2D eigenvalue weighted by atomic mass is 16.5. The maximum atomic E-state index is 11.2. The van der Waals surface area contributed by atoms with Gasteiger partial charge in [-0.3, -0.25) is 9.69 Å². The molecule has 0 bridgehead atoms. The molecule has 4 heteroatoms. The fourth-order valence-electron chi connectivity index (χ4n) is 3.03. The number of likely N-dealkylation sites (tertiary alicyclic amines) is 1. The highest BCUT2D eigenvalue weighted by Gasteiger charge is 2.41. The number of carbonyl (C=O) groups is 1. The maximum absolute atomic E-state index is 11.2. The number of carboxylic acids is 1. The molecule has 1 N–H and O–H groups in total. The average molecular weight is 261 g/mol. The molecule has 1 aromatic rings. The lowest BCUT2D eigenvalue weighted by Crippen LogP contribution is -2.36. The molecule has 19 heavy (non-hydrogen) atoms. The molecule has 0 radical (unpaired) electrons. The van der Waals surface area contributed by atoms with Crippen LogP contribution in [-0.2, 0) is 11.2 Å². The quantitative estimate of drug-likeness (QED) is 0.901. The number of rotatable bonds is 3. The molecule has 0 aromatic heterocycles. The van der Waals surface area contributed by atoms with Crippen molar-refractivity contribution in [3.05, 3.63) is 29.8 Å². The van der Waals surface area contributed by atoms with Crippen molar-refractivity contribution in [2.75, 3.05) is 19.6 Å². The van der Waals surface area contributed by atoms with Gasteiger partial charge in [0.15, 0.2) is 0 Å². The van der Waals surface area contributed by atoms with E-state index in [1.807, 2.05) is 25.1 Å². The van der Waals surface area contributed by atoms with Gasteiger partial charge in [-0.15, -0.1) is 0 Å². The van der Waals surface area contributed by atoms with E-state index in [0.717, 1.165) is 31.7 Å². The second kappa shape index (κ2) is 4.53. The van der Waals surface area contributed by atoms with Crippen molar-refractivity contribution in [3.63, 3.8) is 0 Å². The molecular formula is C15H19NO3. The first kappa shape index (κ1) is 12.5. The minimum atomic E-state index is -0.689. The number of carboxylic acid groups (broad SMARTS) is 1. The van der Waals surface area contributed by atoms with Crippen molar-refractivity contribution < 1.29 is 14.6 Å². The Kier molecular flexibility index (Phi) is 2.97. The average Bonchev–Trinajstić information content (AvgIpc) is 2.93. The summed E-state index contributed by atoms with van der Waals surface area (Å²) >= 11 is 0. The van der Waals surface area contributed by atoms with E-state index in [1.54, 1.807) is 0 Å². The number of fused-ring (bicyclic) bond motifs is 1. The maximum Gasteiger partial charge on any atom is 0.310 e. The van der Waals surface area contributed by atoms with Crippen LogP contribution in [0.2, 0.25) is 0 Å². The van der Waals surface area contributed by atoms with Gasteiger partial charge >= 0.3 is 5.97 Å². The van der Waals surface area contributed by atoms with Crippen LogP contribution in [-0.4, -0.2) is 41.7 Å². The van der Waals surface area contributed by atoms with Crippen LogP contribution in [0.5, 0.6) is 5.75 Å². The van der Waals surface area contributed by atoms with E-state index in [1.165, 1.54) is 5.56 Å². The van der Waals surface area contributed by atoms with Gasteiger partial charge in [-0.2, -0.15) is 0 Å². The summed E-state index contributed by atoms with van der Waals surface area (Å²) in [7, 11) is 0. The Morgan fingerprint density at radius 3 is 3.00 bits per heavy atom. The van der Waals surface area contributed by atoms with Crippen molar-refractivity contribution in [3.8, 4) is 5.75 Å². The third-order valence-electron chi connectivity index (χ3n) is 4.24. The minimum Gasteiger partial charge on any atom is -0.488 e. The summed E-state index contributed by atoms with van der Waals surface area (Å²) in [6.45, 7) is 4.12. The number of benzene rings is 1. The third-order valence-corrected chi connectivity index (χ3v) is 4.24. The smallest absolute Gasteiger partial charge is 0.310 e. The lowest BCUT2D eigenvalue weighted by Gasteiger charge is -2.22. The Morgan fingerprint density at radius 1 is 1.53 bits per heavy atom. The van der Waals surface area contributed by atoms with E-state index >= 15 is 0 Å². The fourth-order valence-corrected chi connectivity index (χ4v) is 3.03. The van der Waals surface area contributed by atoms with Crippen molar-refractivity contribution in [1.29, 1.82) is 0 Å². The van der Waals surface area contributed by atoms with Crippen LogP contribution < -0.4 is 4.74 Å². The molecule has 4 nitrogen and oxygen atoms in total. The molecule has 2 aliphatic heterocycles. The third kappa shape index (κ3) is 2.32. The molecule has 102 valence electrons. The van der Waals surface area contributed by atoms with Crippen LogP contribution in [0.4, 0.5) is 0 Å². The van der Waals surface area contributed by atoms with Crippen molar-refractivity contribution in [2.45, 2.75) is 25.9 Å². The molecule has 2 heterocycles. The van der Waals surface area contributed by atoms with Crippen LogP contribution in [0, 0.1) is 5.41 Å². The molecule has 2 atom stereocenters. The Morgan fingerprint density at radius 2 is 2.32 bits per heavy atom. The summed E-state index contributed by atoms with van der Waals surface area (Å²) in [6, 6.07) is 8.11. The number of hydrogen-bond acceptors (Lipinski definition) is 3. The Bertz CT molecular complexity index is 477. The molecule has 2 unspecified atom stereocenters. The fraction of sp³-hybridized carbons (Fsp3) is 0.533. The Labute approximate surface area is 113 Å². The highest BCUT2D eigenvalue weighted by Crippen LogP contribution is 2.33. The normalized spacial score (nSPS) is 30.1. The van der Waals surface area contributed by atoms with E-state index in [0.29, 0.717) is 6.54 Å². The van der Waals surface area contributed by atoms with Gasteiger partial charge in [-0.25, -0.2) is 0 Å². The number of hydrogen-bond donors (Lipinski definition) is 1. The standard InChI is InChI=1S/C15H19NO3/c1-15(14(17)18)6-7-16(10-15)9-12-8-11-4-2-3-5-13(11)19-12/h2-5,12H,6-10H2,1H3,(H,17,18). The van der Waals surface area contributed by atoms with Crippen LogP contribution >= 0.6 is 0 Å². The van der Waals surface area contributed by atoms with Crippen LogP contribution in [0.25, 0.3) is 0 Å². The first-order valence-electron chi connectivity index (χ1n) is 6.77. The molecule has 0 spiro atoms. The molecule has 1 aromatic carbocycles. The summed E-state index contributed by atoms with van der Waals surface area (Å²) in [5.41, 5.74) is 0.665. The van der Waals surface area contributed by atoms with Crippen LogP contribution in [0.1, 0.15) is 18.9 Å². The van der Waals surface area contributed by atoms with Gasteiger partial charge in [0.2, 0.25) is 0 Å². The number of nitrogens with zero attached hydrogens (tertiary/aromatic N) is 1. The second-order valence-corrected chi connectivity index (χ2v) is 5.90. The SMILES string of the molecule is CC1(C(=O)O)CCN(CC2Cc3ccccc3O2)C1. The number of ether oxygens (including phenoxy) is 1. The van der Waals surface area contributed by atoms with Gasteiger partial charge in [0.1, 0.15) is 11.9 Å². The molecule has 0 amide bonds. The number of para-hydroxylation sites is 1. The Hall–Kier alpha value is -1.55. The van der Waals surface area contributed by atoms with Crippen molar-refractivity contribution in [1.82, 2.24) is 4.90 Å². The van der Waals surface area contributed by atoms with Crippen LogP contribution in [0.15, 0.2) is 24.3 Å². The lowest BCUT2D eigenvalue weighted by molar-refractivity contribution is -0.147. The Balaban J connectivity index is 1.59. The highest BCUT2D eigenvalue weighted by molar-refractivity contribution is 5.74. The van der Waals surface area contributed by atoms with Gasteiger partial charge in [-0.05, 0) is 31.5 Å². The molecule has 1 saturated heterocycles. The van der Waals surface area contributed by atoms with Gasteiger partial charge in [0.05, 0.1) is 5.41 Å². The van der Waals surface area contributed by atoms with Crippen LogP contribution in [0.3, 0.4) is 0 Å². The van der Waals surface area contributed by atoms with Gasteiger partial charge in [-0.1, -0.05) is 18.2 Å². The molecule has 0 aliphatic carbocycles. The van der Waals surface area contributed by atoms with E-state index in [-0.39, 0.29) is 6.10 Å². The zero-order chi connectivity index (χ0) is 13.5. The second-order valence-electron chi connectivity index (χ2n) is 5.90. The first-order chi connectivity index (χ1) is 9.07. The largest absolute Gasteiger partial charge is 0.488 e. The topological polar surface area (TPSA) is 49.8 Å². The summed E-state index contributed by atoms with van der Waals surface area (Å²) in [4.78, 5) is 13.4. The van der Waals surface area contributed by atoms with E-state index in [4.69, 9.17) is 4.74 Å². The predicted molar refractivity (Wildman–Crippen MR) is 71.4 cm³/mol. The van der Waals surface area contributed by atoms with E-state index < -0.39 is 11.4 Å². The monoisotopic (exact) mass is 261 g/mol. The predicted octanol–water partition coefficient (Wildman–Crippen LogP) is 1.79. The zero-order valence-electron chi connectivity index (χ0n) is 11.1. The van der Waals surface area contributed by atoms with Gasteiger partial charge in [0.25, 0.3) is 0 Å². The molecule has 2 aliphatic rings. The van der Waals surface area contributed by atoms with Crippen molar-refractivity contribution >= 4 is 5.97 Å². The zero-order valence-corrected chi connectivity index (χ0v) is 11.1. The van der Waals surface area contributed by atoms with E-state index in [2.05, 4.69) is 11.0 Å². The number of aliphatic carboxylic acids is 1. The lowest BCUT2D eigenvalue weighted by atomic mass is 9.90. The van der Waals surface area contributed by atoms with Gasteiger partial charge in [0, 0.05) is 19.5 Å². The molecule has 3 rings (SSSR count). The molecular weight excluding hydrogens is 242 g/mol. The summed E-state index contributed by atoms with van der Waals surface area (Å²) in [5.74, 6) is 0.290.